The number of anilines is 2. The average molecular weight is 294 g/mol. The predicted molar refractivity (Wildman–Crippen MR) is 72.0 cm³/mol. The molecule has 1 N–H and O–H groups in total. The largest absolute Gasteiger partial charge is 0.353 e. The van der Waals surface area contributed by atoms with Crippen LogP contribution >= 0.6 is 11.6 Å². The molecule has 0 aliphatic heterocycles. The Morgan fingerprint density at radius 2 is 1.94 bits per heavy atom. The lowest BCUT2D eigenvalue weighted by Crippen LogP contribution is -2.20. The highest BCUT2D eigenvalue weighted by Crippen LogP contribution is 2.11. The summed E-state index contributed by atoms with van der Waals surface area (Å²) in [6.07, 6.45) is 0. The van der Waals surface area contributed by atoms with Crippen LogP contribution in [0.15, 0.2) is 0 Å². The van der Waals surface area contributed by atoms with E-state index in [4.69, 9.17) is 11.6 Å². The highest BCUT2D eigenvalue weighted by molar-refractivity contribution is 7.91. The molecule has 1 aromatic rings. The topological polar surface area (TPSA) is 88.1 Å². The molecule has 0 unspecified atom stereocenters. The van der Waals surface area contributed by atoms with Crippen molar-refractivity contribution >= 4 is 33.3 Å². The summed E-state index contributed by atoms with van der Waals surface area (Å²) in [5.41, 5.74) is 0. The van der Waals surface area contributed by atoms with Crippen LogP contribution in [-0.4, -0.2) is 55.5 Å². The quantitative estimate of drug-likeness (QED) is 0.814. The Morgan fingerprint density at radius 1 is 1.28 bits per heavy atom. The van der Waals surface area contributed by atoms with E-state index in [-0.39, 0.29) is 29.3 Å². The van der Waals surface area contributed by atoms with Gasteiger partial charge in [0.05, 0.1) is 5.75 Å². The van der Waals surface area contributed by atoms with Gasteiger partial charge >= 0.3 is 0 Å². The third-order valence-electron chi connectivity index (χ3n) is 2.13. The lowest BCUT2D eigenvalue weighted by molar-refractivity contribution is 0.597. The maximum Gasteiger partial charge on any atom is 0.230 e. The number of aromatic nitrogens is 3. The molecule has 0 spiro atoms. The second kappa shape index (κ2) is 6.14. The Morgan fingerprint density at radius 3 is 2.50 bits per heavy atom. The lowest BCUT2D eigenvalue weighted by Gasteiger charge is -2.11. The van der Waals surface area contributed by atoms with E-state index in [0.717, 1.165) is 0 Å². The summed E-state index contributed by atoms with van der Waals surface area (Å²) in [5.74, 6) is 0.834. The first-order chi connectivity index (χ1) is 8.34. The fourth-order valence-electron chi connectivity index (χ4n) is 1.08. The van der Waals surface area contributed by atoms with Crippen molar-refractivity contribution in [2.24, 2.45) is 0 Å². The number of halogens is 1. The molecule has 9 heteroatoms. The van der Waals surface area contributed by atoms with Gasteiger partial charge in [-0.1, -0.05) is 6.92 Å². The van der Waals surface area contributed by atoms with Crippen molar-refractivity contribution < 1.29 is 8.42 Å². The van der Waals surface area contributed by atoms with Crippen LogP contribution in [0.2, 0.25) is 5.28 Å². The zero-order valence-corrected chi connectivity index (χ0v) is 12.1. The Hall–Kier alpha value is -1.15. The normalized spacial score (nSPS) is 11.3. The first kappa shape index (κ1) is 14.9. The molecular weight excluding hydrogens is 278 g/mol. The fraction of sp³-hybridized carbons (Fsp3) is 0.667. The van der Waals surface area contributed by atoms with Crippen molar-refractivity contribution in [2.45, 2.75) is 6.92 Å². The zero-order valence-electron chi connectivity index (χ0n) is 10.5. The van der Waals surface area contributed by atoms with Gasteiger partial charge in [-0.3, -0.25) is 0 Å². The van der Waals surface area contributed by atoms with Crippen molar-refractivity contribution in [2.75, 3.05) is 42.4 Å². The van der Waals surface area contributed by atoms with Gasteiger partial charge in [0, 0.05) is 26.4 Å². The third-order valence-corrected chi connectivity index (χ3v) is 4.01. The number of rotatable bonds is 6. The third kappa shape index (κ3) is 4.61. The van der Waals surface area contributed by atoms with Crippen molar-refractivity contribution in [3.8, 4) is 0 Å². The average Bonchev–Trinajstić information content (AvgIpc) is 2.28. The van der Waals surface area contributed by atoms with E-state index in [1.807, 2.05) is 0 Å². The van der Waals surface area contributed by atoms with Gasteiger partial charge in [0.25, 0.3) is 0 Å². The van der Waals surface area contributed by atoms with E-state index in [1.54, 1.807) is 25.9 Å². The van der Waals surface area contributed by atoms with Gasteiger partial charge in [0.15, 0.2) is 9.84 Å². The molecule has 0 saturated carbocycles. The Labute approximate surface area is 112 Å². The molecule has 0 aliphatic carbocycles. The Balaban J connectivity index is 2.68. The van der Waals surface area contributed by atoms with Crippen LogP contribution in [0.5, 0.6) is 0 Å². The van der Waals surface area contributed by atoms with Gasteiger partial charge in [0.1, 0.15) is 0 Å². The van der Waals surface area contributed by atoms with Gasteiger partial charge in [-0.2, -0.15) is 15.0 Å². The summed E-state index contributed by atoms with van der Waals surface area (Å²) in [6, 6.07) is 0. The number of sulfone groups is 1. The molecule has 1 aromatic heterocycles. The molecule has 18 heavy (non-hydrogen) atoms. The molecule has 0 aliphatic rings. The van der Waals surface area contributed by atoms with Gasteiger partial charge in [-0.25, -0.2) is 8.42 Å². The molecule has 0 radical (unpaired) electrons. The van der Waals surface area contributed by atoms with E-state index in [0.29, 0.717) is 5.95 Å². The van der Waals surface area contributed by atoms with Crippen LogP contribution in [0.25, 0.3) is 0 Å². The molecule has 1 rings (SSSR count). The zero-order chi connectivity index (χ0) is 13.8. The van der Waals surface area contributed by atoms with Gasteiger partial charge in [0.2, 0.25) is 17.2 Å². The smallest absolute Gasteiger partial charge is 0.230 e. The Bertz CT molecular complexity index is 506. The first-order valence-corrected chi connectivity index (χ1v) is 7.57. The molecule has 7 nitrogen and oxygen atoms in total. The molecule has 0 amide bonds. The molecule has 102 valence electrons. The molecule has 0 atom stereocenters. The van der Waals surface area contributed by atoms with Crippen LogP contribution in [0.3, 0.4) is 0 Å². The first-order valence-electron chi connectivity index (χ1n) is 5.37. The molecule has 0 fully saturated rings. The predicted octanol–water partition coefficient (Wildman–Crippen LogP) is 0.438. The number of hydrogen-bond acceptors (Lipinski definition) is 7. The highest BCUT2D eigenvalue weighted by atomic mass is 35.5. The van der Waals surface area contributed by atoms with Crippen molar-refractivity contribution in [3.63, 3.8) is 0 Å². The number of nitrogens with one attached hydrogen (secondary N) is 1. The van der Waals surface area contributed by atoms with Gasteiger partial charge in [-0.15, -0.1) is 0 Å². The molecule has 0 saturated heterocycles. The minimum atomic E-state index is -3.00. The summed E-state index contributed by atoms with van der Waals surface area (Å²) in [4.78, 5) is 13.6. The van der Waals surface area contributed by atoms with E-state index in [1.165, 1.54) is 0 Å². The maximum absolute atomic E-state index is 11.3. The summed E-state index contributed by atoms with van der Waals surface area (Å²) < 4.78 is 22.6. The van der Waals surface area contributed by atoms with Crippen molar-refractivity contribution in [1.29, 1.82) is 0 Å². The Kier molecular flexibility index (Phi) is 5.09. The summed E-state index contributed by atoms with van der Waals surface area (Å²) in [5, 5.41) is 2.88. The SMILES string of the molecule is CCS(=O)(=O)CCNc1nc(Cl)nc(N(C)C)n1. The van der Waals surface area contributed by atoms with Gasteiger partial charge < -0.3 is 10.2 Å². The summed E-state index contributed by atoms with van der Waals surface area (Å²) >= 11 is 5.74. The number of nitrogens with zero attached hydrogens (tertiary/aromatic N) is 4. The molecule has 0 bridgehead atoms. The minimum Gasteiger partial charge on any atom is -0.353 e. The minimum absolute atomic E-state index is 0.0318. The molecule has 0 aromatic carbocycles. The summed E-state index contributed by atoms with van der Waals surface area (Å²) in [6.45, 7) is 1.85. The van der Waals surface area contributed by atoms with Crippen LogP contribution in [0.4, 0.5) is 11.9 Å². The van der Waals surface area contributed by atoms with E-state index < -0.39 is 9.84 Å². The lowest BCUT2D eigenvalue weighted by atomic mass is 10.7. The van der Waals surface area contributed by atoms with E-state index >= 15 is 0 Å². The van der Waals surface area contributed by atoms with Crippen molar-refractivity contribution in [3.05, 3.63) is 5.28 Å². The van der Waals surface area contributed by atoms with E-state index in [9.17, 15) is 8.42 Å². The monoisotopic (exact) mass is 293 g/mol. The summed E-state index contributed by atoms with van der Waals surface area (Å²) in [7, 11) is 0.546. The maximum atomic E-state index is 11.3. The highest BCUT2D eigenvalue weighted by Gasteiger charge is 2.09. The van der Waals surface area contributed by atoms with Crippen LogP contribution in [0, 0.1) is 0 Å². The second-order valence-corrected chi connectivity index (χ2v) is 6.60. The fourth-order valence-corrected chi connectivity index (χ4v) is 1.94. The van der Waals surface area contributed by atoms with Crippen LogP contribution in [-0.2, 0) is 9.84 Å². The molecular formula is C9H16ClN5O2S. The van der Waals surface area contributed by atoms with Crippen LogP contribution < -0.4 is 10.2 Å². The number of hydrogen-bond donors (Lipinski definition) is 1. The van der Waals surface area contributed by atoms with Gasteiger partial charge in [-0.05, 0) is 11.6 Å². The van der Waals surface area contributed by atoms with E-state index in [2.05, 4.69) is 20.3 Å². The van der Waals surface area contributed by atoms with Crippen LogP contribution in [0.1, 0.15) is 6.92 Å². The van der Waals surface area contributed by atoms with Crippen molar-refractivity contribution in [1.82, 2.24) is 15.0 Å². The standard InChI is InChI=1S/C9H16ClN5O2S/c1-4-18(16,17)6-5-11-8-12-7(10)13-9(14-8)15(2)3/h4-6H2,1-3H3,(H,11,12,13,14). The second-order valence-electron chi connectivity index (χ2n) is 3.79. The molecule has 1 heterocycles.